The first-order chi connectivity index (χ1) is 14.0. The second-order valence-corrected chi connectivity index (χ2v) is 6.98. The molecule has 152 valence electrons. The highest BCUT2D eigenvalue weighted by molar-refractivity contribution is 6.53. The van der Waals surface area contributed by atoms with Gasteiger partial charge in [0.15, 0.2) is 0 Å². The summed E-state index contributed by atoms with van der Waals surface area (Å²) in [7, 11) is 2.98. The summed E-state index contributed by atoms with van der Waals surface area (Å²) < 4.78 is 10.5. The van der Waals surface area contributed by atoms with Crippen LogP contribution >= 0.6 is 11.6 Å². The number of rotatable bonds is 8. The van der Waals surface area contributed by atoms with E-state index in [9.17, 15) is 9.59 Å². The van der Waals surface area contributed by atoms with Crippen molar-refractivity contribution >= 4 is 34.8 Å². The maximum absolute atomic E-state index is 13.0. The lowest BCUT2D eigenvalue weighted by Gasteiger charge is -2.18. The van der Waals surface area contributed by atoms with E-state index in [2.05, 4.69) is 12.2 Å². The van der Waals surface area contributed by atoms with Gasteiger partial charge in [0.1, 0.15) is 22.2 Å². The minimum atomic E-state index is -0.609. The van der Waals surface area contributed by atoms with Crippen LogP contribution in [0.5, 0.6) is 11.5 Å². The Bertz CT molecular complexity index is 954. The molecular formula is C22H23ClN2O4. The largest absolute Gasteiger partial charge is 0.497 e. The van der Waals surface area contributed by atoms with Crippen molar-refractivity contribution in [3.8, 4) is 11.5 Å². The summed E-state index contributed by atoms with van der Waals surface area (Å²) in [6.07, 6.45) is 3.25. The fourth-order valence-corrected chi connectivity index (χ4v) is 3.29. The number of nitrogens with zero attached hydrogens (tertiary/aromatic N) is 1. The highest BCUT2D eigenvalue weighted by Gasteiger charge is 2.40. The molecule has 0 atom stereocenters. The van der Waals surface area contributed by atoms with Crippen LogP contribution in [0.1, 0.15) is 25.3 Å². The topological polar surface area (TPSA) is 67.9 Å². The number of aryl methyl sites for hydroxylation is 1. The highest BCUT2D eigenvalue weighted by Crippen LogP contribution is 2.37. The van der Waals surface area contributed by atoms with Gasteiger partial charge in [-0.05, 0) is 42.7 Å². The Morgan fingerprint density at radius 3 is 2.34 bits per heavy atom. The Morgan fingerprint density at radius 1 is 1.00 bits per heavy atom. The summed E-state index contributed by atoms with van der Waals surface area (Å²) in [5.74, 6) is -0.275. The number of ether oxygens (including phenoxy) is 2. The molecule has 1 N–H and O–H groups in total. The first-order valence-electron chi connectivity index (χ1n) is 9.36. The molecule has 0 unspecified atom stereocenters. The van der Waals surface area contributed by atoms with Crippen molar-refractivity contribution in [2.75, 3.05) is 24.4 Å². The van der Waals surface area contributed by atoms with Crippen molar-refractivity contribution in [3.05, 3.63) is 58.8 Å². The lowest BCUT2D eigenvalue weighted by atomic mass is 10.1. The van der Waals surface area contributed by atoms with E-state index < -0.39 is 11.8 Å². The number of benzene rings is 2. The molecule has 3 rings (SSSR count). The van der Waals surface area contributed by atoms with Crippen LogP contribution in [0.15, 0.2) is 53.2 Å². The molecule has 0 saturated carbocycles. The zero-order valence-corrected chi connectivity index (χ0v) is 17.4. The first-order valence-corrected chi connectivity index (χ1v) is 9.74. The van der Waals surface area contributed by atoms with Crippen molar-refractivity contribution < 1.29 is 19.1 Å². The summed E-state index contributed by atoms with van der Waals surface area (Å²) >= 11 is 6.21. The molecule has 0 fully saturated rings. The van der Waals surface area contributed by atoms with Gasteiger partial charge in [0, 0.05) is 11.8 Å². The number of hydrogen-bond donors (Lipinski definition) is 1. The zero-order chi connectivity index (χ0) is 21.0. The minimum absolute atomic E-state index is 0.0378. The SMILES string of the molecule is CCCCc1ccc(NC2=C(Cl)C(=O)N(c3ccc(OC)cc3OC)C2=O)cc1. The van der Waals surface area contributed by atoms with E-state index in [1.165, 1.54) is 19.8 Å². The van der Waals surface area contributed by atoms with Crippen molar-refractivity contribution in [1.29, 1.82) is 0 Å². The molecule has 0 spiro atoms. The van der Waals surface area contributed by atoms with E-state index in [1.807, 2.05) is 24.3 Å². The van der Waals surface area contributed by atoms with Gasteiger partial charge in [-0.1, -0.05) is 37.1 Å². The number of amides is 2. The van der Waals surface area contributed by atoms with Crippen LogP contribution in [0, 0.1) is 0 Å². The summed E-state index contributed by atoms with van der Waals surface area (Å²) in [4.78, 5) is 26.7. The fraction of sp³-hybridized carbons (Fsp3) is 0.273. The molecular weight excluding hydrogens is 392 g/mol. The van der Waals surface area contributed by atoms with E-state index in [1.54, 1.807) is 18.2 Å². The van der Waals surface area contributed by atoms with Gasteiger partial charge in [-0.25, -0.2) is 4.90 Å². The van der Waals surface area contributed by atoms with Gasteiger partial charge < -0.3 is 14.8 Å². The minimum Gasteiger partial charge on any atom is -0.497 e. The third-order valence-corrected chi connectivity index (χ3v) is 5.05. The van der Waals surface area contributed by atoms with E-state index in [0.717, 1.165) is 24.2 Å². The fourth-order valence-electron chi connectivity index (χ4n) is 3.08. The van der Waals surface area contributed by atoms with Gasteiger partial charge in [-0.15, -0.1) is 0 Å². The molecule has 7 heteroatoms. The Morgan fingerprint density at radius 2 is 1.72 bits per heavy atom. The number of anilines is 2. The van der Waals surface area contributed by atoms with Gasteiger partial charge in [0.05, 0.1) is 19.9 Å². The van der Waals surface area contributed by atoms with Crippen LogP contribution in [0.2, 0.25) is 0 Å². The summed E-state index contributed by atoms with van der Waals surface area (Å²) in [6.45, 7) is 2.15. The number of halogens is 1. The van der Waals surface area contributed by atoms with Crippen molar-refractivity contribution in [2.45, 2.75) is 26.2 Å². The van der Waals surface area contributed by atoms with Gasteiger partial charge in [0.2, 0.25) is 0 Å². The molecule has 0 aliphatic carbocycles. The Kier molecular flexibility index (Phi) is 6.44. The molecule has 29 heavy (non-hydrogen) atoms. The predicted octanol–water partition coefficient (Wildman–Crippen LogP) is 4.48. The van der Waals surface area contributed by atoms with Gasteiger partial charge in [0.25, 0.3) is 11.8 Å². The average Bonchev–Trinajstić information content (AvgIpc) is 2.95. The van der Waals surface area contributed by atoms with Crippen LogP contribution in [0.4, 0.5) is 11.4 Å². The van der Waals surface area contributed by atoms with Crippen molar-refractivity contribution in [2.24, 2.45) is 0 Å². The normalized spacial score (nSPS) is 13.9. The first kappa shape index (κ1) is 20.7. The molecule has 0 saturated heterocycles. The molecule has 1 aliphatic rings. The number of unbranched alkanes of at least 4 members (excludes halogenated alkanes) is 1. The number of methoxy groups -OCH3 is 2. The molecule has 1 aliphatic heterocycles. The molecule has 1 heterocycles. The van der Waals surface area contributed by atoms with Gasteiger partial charge >= 0.3 is 0 Å². The maximum atomic E-state index is 13.0. The van der Waals surface area contributed by atoms with Gasteiger partial charge in [-0.3, -0.25) is 9.59 Å². The van der Waals surface area contributed by atoms with E-state index in [-0.39, 0.29) is 10.7 Å². The van der Waals surface area contributed by atoms with Crippen molar-refractivity contribution in [3.63, 3.8) is 0 Å². The lowest BCUT2D eigenvalue weighted by molar-refractivity contribution is -0.120. The third-order valence-electron chi connectivity index (χ3n) is 4.70. The van der Waals surface area contributed by atoms with Crippen LogP contribution in [-0.2, 0) is 16.0 Å². The standard InChI is InChI=1S/C22H23ClN2O4/c1-4-5-6-14-7-9-15(10-8-14)24-20-19(23)21(26)25(22(20)27)17-12-11-16(28-2)13-18(17)29-3/h7-13,24H,4-6H2,1-3H3. The lowest BCUT2D eigenvalue weighted by Crippen LogP contribution is -2.32. The van der Waals surface area contributed by atoms with Crippen LogP contribution in [0.25, 0.3) is 0 Å². The molecule has 2 aromatic rings. The number of imide groups is 1. The monoisotopic (exact) mass is 414 g/mol. The summed E-state index contributed by atoms with van der Waals surface area (Å²) in [5.41, 5.74) is 2.24. The molecule has 2 aromatic carbocycles. The van der Waals surface area contributed by atoms with Crippen LogP contribution in [0.3, 0.4) is 0 Å². The number of hydrogen-bond acceptors (Lipinski definition) is 5. The Labute approximate surface area is 175 Å². The highest BCUT2D eigenvalue weighted by atomic mass is 35.5. The van der Waals surface area contributed by atoms with Gasteiger partial charge in [-0.2, -0.15) is 0 Å². The van der Waals surface area contributed by atoms with Crippen LogP contribution in [-0.4, -0.2) is 26.0 Å². The van der Waals surface area contributed by atoms with E-state index >= 15 is 0 Å². The molecule has 0 aromatic heterocycles. The van der Waals surface area contributed by atoms with Crippen LogP contribution < -0.4 is 19.7 Å². The number of carbonyl (C=O) groups excluding carboxylic acids is 2. The zero-order valence-electron chi connectivity index (χ0n) is 16.6. The maximum Gasteiger partial charge on any atom is 0.283 e. The molecule has 2 amide bonds. The Hall–Kier alpha value is -2.99. The summed E-state index contributed by atoms with van der Waals surface area (Å²) in [6, 6.07) is 12.6. The second kappa shape index (κ2) is 9.01. The molecule has 6 nitrogen and oxygen atoms in total. The number of carbonyl (C=O) groups is 2. The smallest absolute Gasteiger partial charge is 0.283 e. The number of nitrogens with one attached hydrogen (secondary N) is 1. The molecule has 0 bridgehead atoms. The van der Waals surface area contributed by atoms with E-state index in [4.69, 9.17) is 21.1 Å². The van der Waals surface area contributed by atoms with E-state index in [0.29, 0.717) is 22.9 Å². The third kappa shape index (κ3) is 4.22. The Balaban J connectivity index is 1.84. The summed E-state index contributed by atoms with van der Waals surface area (Å²) in [5, 5.41) is 2.82. The van der Waals surface area contributed by atoms with Crippen molar-refractivity contribution in [1.82, 2.24) is 0 Å². The molecule has 0 radical (unpaired) electrons. The predicted molar refractivity (Wildman–Crippen MR) is 114 cm³/mol. The second-order valence-electron chi connectivity index (χ2n) is 6.60. The average molecular weight is 415 g/mol. The quantitative estimate of drug-likeness (QED) is 0.645.